The van der Waals surface area contributed by atoms with E-state index in [1.54, 1.807) is 24.5 Å². The summed E-state index contributed by atoms with van der Waals surface area (Å²) in [5, 5.41) is 3.16. The summed E-state index contributed by atoms with van der Waals surface area (Å²) in [4.78, 5) is 7.79. The van der Waals surface area contributed by atoms with Gasteiger partial charge in [0.2, 0.25) is 11.8 Å². The Balaban J connectivity index is 1.87. The predicted molar refractivity (Wildman–Crippen MR) is 91.3 cm³/mol. The van der Waals surface area contributed by atoms with E-state index in [1.807, 2.05) is 0 Å². The number of rotatable bonds is 3. The number of nitrogens with two attached hydrogens (primary N) is 1. The van der Waals surface area contributed by atoms with Crippen LogP contribution in [0.2, 0.25) is 0 Å². The molecule has 0 spiro atoms. The van der Waals surface area contributed by atoms with Gasteiger partial charge in [-0.15, -0.1) is 0 Å². The molecule has 4 aromatic rings. The van der Waals surface area contributed by atoms with Gasteiger partial charge in [0.05, 0.1) is 5.39 Å². The zero-order valence-corrected chi connectivity index (χ0v) is 13.1. The summed E-state index contributed by atoms with van der Waals surface area (Å²) in [5.74, 6) is -2.77. The van der Waals surface area contributed by atoms with Crippen LogP contribution < -0.4 is 11.1 Å². The molecule has 4 rings (SSSR count). The zero-order valence-electron chi connectivity index (χ0n) is 13.1. The van der Waals surface area contributed by atoms with Crippen LogP contribution >= 0.6 is 0 Å². The van der Waals surface area contributed by atoms with Crippen molar-refractivity contribution in [3.05, 3.63) is 66.4 Å². The molecule has 8 heteroatoms. The molecule has 130 valence electrons. The lowest BCUT2D eigenvalue weighted by molar-refractivity contribution is 0.509. The number of benzene rings is 1. The molecule has 5 nitrogen and oxygen atoms in total. The smallest absolute Gasteiger partial charge is 0.215 e. The quantitative estimate of drug-likeness (QED) is 0.523. The number of halogens is 3. The lowest BCUT2D eigenvalue weighted by Crippen LogP contribution is -1.96. The standard InChI is InChI=1S/C18H11F3N4O/c19-12-2-1-10(7-13(12)20)24-16-11-8-14(21)25-15(17(11)26-18(16)22)9-3-5-23-6-4-9/h1-8,24H,22H2. The van der Waals surface area contributed by atoms with Crippen molar-refractivity contribution in [1.82, 2.24) is 9.97 Å². The predicted octanol–water partition coefficient (Wildman–Crippen LogP) is 4.63. The second-order valence-electron chi connectivity index (χ2n) is 5.50. The van der Waals surface area contributed by atoms with Gasteiger partial charge in [-0.2, -0.15) is 4.39 Å². The minimum absolute atomic E-state index is 0.0348. The highest BCUT2D eigenvalue weighted by Gasteiger charge is 2.19. The molecule has 0 aliphatic rings. The summed E-state index contributed by atoms with van der Waals surface area (Å²) in [6.45, 7) is 0. The number of hydrogen-bond acceptors (Lipinski definition) is 5. The molecule has 0 aliphatic heterocycles. The molecule has 26 heavy (non-hydrogen) atoms. The Morgan fingerprint density at radius 1 is 0.962 bits per heavy atom. The molecule has 0 fully saturated rings. The van der Waals surface area contributed by atoms with Crippen molar-refractivity contribution in [3.63, 3.8) is 0 Å². The number of hydrogen-bond donors (Lipinski definition) is 2. The lowest BCUT2D eigenvalue weighted by atomic mass is 10.1. The number of anilines is 3. The number of furan rings is 1. The van der Waals surface area contributed by atoms with Crippen molar-refractivity contribution < 1.29 is 17.6 Å². The number of pyridine rings is 2. The van der Waals surface area contributed by atoms with Gasteiger partial charge in [-0.3, -0.25) is 4.98 Å². The second-order valence-corrected chi connectivity index (χ2v) is 5.50. The normalized spacial score (nSPS) is 11.0. The van der Waals surface area contributed by atoms with E-state index in [-0.39, 0.29) is 28.5 Å². The maximum atomic E-state index is 14.1. The first kappa shape index (κ1) is 15.9. The highest BCUT2D eigenvalue weighted by molar-refractivity contribution is 6.03. The summed E-state index contributed by atoms with van der Waals surface area (Å²) in [6.07, 6.45) is 3.08. The molecule has 0 unspecified atom stereocenters. The third-order valence-electron chi connectivity index (χ3n) is 3.81. The van der Waals surface area contributed by atoms with E-state index < -0.39 is 17.6 Å². The Labute approximate surface area is 145 Å². The van der Waals surface area contributed by atoms with Crippen molar-refractivity contribution >= 4 is 28.2 Å². The van der Waals surface area contributed by atoms with Gasteiger partial charge in [0.25, 0.3) is 0 Å². The molecule has 1 aromatic carbocycles. The van der Waals surface area contributed by atoms with Crippen molar-refractivity contribution in [3.8, 4) is 11.3 Å². The molecule has 0 atom stereocenters. The molecule has 0 radical (unpaired) electrons. The fourth-order valence-electron chi connectivity index (χ4n) is 2.64. The molecule has 0 bridgehead atoms. The van der Waals surface area contributed by atoms with Gasteiger partial charge in [-0.1, -0.05) is 0 Å². The van der Waals surface area contributed by atoms with Crippen LogP contribution in [0.1, 0.15) is 0 Å². The van der Waals surface area contributed by atoms with Gasteiger partial charge in [0, 0.05) is 35.8 Å². The Morgan fingerprint density at radius 3 is 2.46 bits per heavy atom. The minimum atomic E-state index is -1.02. The monoisotopic (exact) mass is 356 g/mol. The number of nitrogens with zero attached hydrogens (tertiary/aromatic N) is 2. The van der Waals surface area contributed by atoms with Gasteiger partial charge in [0.15, 0.2) is 17.2 Å². The topological polar surface area (TPSA) is 77.0 Å². The van der Waals surface area contributed by atoms with E-state index in [1.165, 1.54) is 6.07 Å². The Kier molecular flexibility index (Phi) is 3.72. The maximum Gasteiger partial charge on any atom is 0.215 e. The largest absolute Gasteiger partial charge is 0.436 e. The molecule has 3 aromatic heterocycles. The summed E-state index contributed by atoms with van der Waals surface area (Å²) in [6, 6.07) is 7.74. The van der Waals surface area contributed by atoms with E-state index in [2.05, 4.69) is 15.3 Å². The fraction of sp³-hybridized carbons (Fsp3) is 0. The van der Waals surface area contributed by atoms with Gasteiger partial charge >= 0.3 is 0 Å². The average molecular weight is 356 g/mol. The number of nitrogens with one attached hydrogen (secondary N) is 1. The van der Waals surface area contributed by atoms with Crippen molar-refractivity contribution in [2.45, 2.75) is 0 Å². The lowest BCUT2D eigenvalue weighted by Gasteiger charge is -2.06. The van der Waals surface area contributed by atoms with Crippen LogP contribution in [-0.2, 0) is 0 Å². The number of nitrogen functional groups attached to an aromatic ring is 1. The molecule has 3 heterocycles. The summed E-state index contributed by atoms with van der Waals surface area (Å²) in [7, 11) is 0. The molecule has 3 N–H and O–H groups in total. The molecule has 0 amide bonds. The molecule has 0 saturated heterocycles. The zero-order chi connectivity index (χ0) is 18.3. The summed E-state index contributed by atoms with van der Waals surface area (Å²) >= 11 is 0. The van der Waals surface area contributed by atoms with Crippen LogP contribution in [0, 0.1) is 17.6 Å². The maximum absolute atomic E-state index is 14.1. The van der Waals surface area contributed by atoms with Crippen LogP contribution in [0.3, 0.4) is 0 Å². The highest BCUT2D eigenvalue weighted by Crippen LogP contribution is 2.39. The fourth-order valence-corrected chi connectivity index (χ4v) is 2.64. The number of fused-ring (bicyclic) bond motifs is 1. The first-order valence-electron chi connectivity index (χ1n) is 7.54. The van der Waals surface area contributed by atoms with Crippen LogP contribution in [0.15, 0.2) is 53.2 Å². The van der Waals surface area contributed by atoms with Crippen LogP contribution in [0.25, 0.3) is 22.2 Å². The Morgan fingerprint density at radius 2 is 1.73 bits per heavy atom. The van der Waals surface area contributed by atoms with E-state index >= 15 is 0 Å². The summed E-state index contributed by atoms with van der Waals surface area (Å²) in [5.41, 5.74) is 7.50. The van der Waals surface area contributed by atoms with E-state index in [4.69, 9.17) is 10.2 Å². The van der Waals surface area contributed by atoms with E-state index in [0.717, 1.165) is 18.2 Å². The van der Waals surface area contributed by atoms with Crippen LogP contribution in [-0.4, -0.2) is 9.97 Å². The summed E-state index contributed by atoms with van der Waals surface area (Å²) < 4.78 is 46.2. The minimum Gasteiger partial charge on any atom is -0.436 e. The van der Waals surface area contributed by atoms with E-state index in [0.29, 0.717) is 10.9 Å². The first-order chi connectivity index (χ1) is 12.5. The molecule has 0 saturated carbocycles. The Bertz CT molecular complexity index is 1110. The Hall–Kier alpha value is -3.55. The van der Waals surface area contributed by atoms with Gasteiger partial charge in [-0.05, 0) is 24.3 Å². The molecule has 0 aliphatic carbocycles. The van der Waals surface area contributed by atoms with Crippen LogP contribution in [0.4, 0.5) is 30.4 Å². The SMILES string of the molecule is Nc1oc2c(-c3ccncc3)nc(F)cc2c1Nc1ccc(F)c(F)c1. The van der Waals surface area contributed by atoms with Gasteiger partial charge in [-0.25, -0.2) is 13.8 Å². The van der Waals surface area contributed by atoms with Crippen molar-refractivity contribution in [2.75, 3.05) is 11.1 Å². The first-order valence-corrected chi connectivity index (χ1v) is 7.54. The van der Waals surface area contributed by atoms with Gasteiger partial charge < -0.3 is 15.5 Å². The second kappa shape index (κ2) is 6.07. The van der Waals surface area contributed by atoms with Gasteiger partial charge in [0.1, 0.15) is 11.4 Å². The molecular formula is C18H11F3N4O. The molecular weight excluding hydrogens is 345 g/mol. The number of aromatic nitrogens is 2. The van der Waals surface area contributed by atoms with Crippen molar-refractivity contribution in [2.24, 2.45) is 0 Å². The van der Waals surface area contributed by atoms with Crippen molar-refractivity contribution in [1.29, 1.82) is 0 Å². The average Bonchev–Trinajstić information content (AvgIpc) is 2.94. The highest BCUT2D eigenvalue weighted by atomic mass is 19.2. The van der Waals surface area contributed by atoms with E-state index in [9.17, 15) is 13.2 Å². The third kappa shape index (κ3) is 2.71. The van der Waals surface area contributed by atoms with Crippen LogP contribution in [0.5, 0.6) is 0 Å². The third-order valence-corrected chi connectivity index (χ3v) is 3.81.